The number of nitrogens with two attached hydrogens (primary N) is 3. The van der Waals surface area contributed by atoms with E-state index in [9.17, 15) is 24.3 Å². The number of carbonyl (C=O) groups is 4. The van der Waals surface area contributed by atoms with Gasteiger partial charge in [0.2, 0.25) is 5.91 Å². The van der Waals surface area contributed by atoms with Gasteiger partial charge in [-0.15, -0.1) is 0 Å². The third-order valence-corrected chi connectivity index (χ3v) is 7.50. The number of alkyl carbamates (subject to hydrolysis) is 1. The van der Waals surface area contributed by atoms with E-state index in [2.05, 4.69) is 15.6 Å². The molecule has 0 saturated heterocycles. The molecule has 2 unspecified atom stereocenters. The van der Waals surface area contributed by atoms with Crippen molar-refractivity contribution in [2.75, 3.05) is 32.7 Å². The standard InChI is InChI=1S/C35H53N7O7/c36-30(31(44)24-29(43)16-7-8-20-40-33(37)38)17-18-32(45)39-19-9-10-22-42(35(47)49-26-28-14-5-2-6-15-28)23-11-21-41-34(46)48-25-27-12-3-1-4-13-27/h1-6,12-15,29-30,43H,7-11,16-26,36H2,(H,39,45)(H,41,46)(H4,37,38,40). The summed E-state index contributed by atoms with van der Waals surface area (Å²) in [7, 11) is 0. The number of unbranched alkanes of at least 4 members (excludes halogenated alkanes) is 2. The number of aliphatic hydroxyl groups excluding tert-OH is 1. The highest BCUT2D eigenvalue weighted by Crippen LogP contribution is 2.09. The number of guanidine groups is 1. The molecule has 2 aromatic rings. The van der Waals surface area contributed by atoms with Crippen molar-refractivity contribution in [3.8, 4) is 0 Å². The molecule has 14 nitrogen and oxygen atoms in total. The fourth-order valence-corrected chi connectivity index (χ4v) is 4.72. The Bertz CT molecular complexity index is 1280. The van der Waals surface area contributed by atoms with E-state index in [1.165, 1.54) is 0 Å². The molecule has 0 heterocycles. The van der Waals surface area contributed by atoms with Crippen LogP contribution in [0.25, 0.3) is 0 Å². The first-order valence-corrected chi connectivity index (χ1v) is 16.8. The molecule has 0 aromatic heterocycles. The lowest BCUT2D eigenvalue weighted by Gasteiger charge is -2.22. The highest BCUT2D eigenvalue weighted by Gasteiger charge is 2.19. The third-order valence-electron chi connectivity index (χ3n) is 7.50. The van der Waals surface area contributed by atoms with Gasteiger partial charge in [0.1, 0.15) is 13.2 Å². The average Bonchev–Trinajstić information content (AvgIpc) is 3.09. The quantitative estimate of drug-likeness (QED) is 0.0539. The molecule has 0 aliphatic heterocycles. The molecule has 0 fully saturated rings. The summed E-state index contributed by atoms with van der Waals surface area (Å²) < 4.78 is 10.8. The number of Topliss-reactive ketones (excluding diaryl/α,β-unsaturated/α-hetero) is 1. The summed E-state index contributed by atoms with van der Waals surface area (Å²) in [5.74, 6) is -0.498. The SMILES string of the molecule is NC(N)=NCCCCC(O)CC(=O)C(N)CCC(=O)NCCCCN(CCCNC(=O)OCc1ccccc1)C(=O)OCc1ccccc1. The van der Waals surface area contributed by atoms with Crippen LogP contribution in [0.5, 0.6) is 0 Å². The molecule has 0 aliphatic carbocycles. The van der Waals surface area contributed by atoms with E-state index in [4.69, 9.17) is 26.7 Å². The van der Waals surface area contributed by atoms with Crippen LogP contribution < -0.4 is 27.8 Å². The molecule has 49 heavy (non-hydrogen) atoms. The lowest BCUT2D eigenvalue weighted by atomic mass is 10.00. The number of carbonyl (C=O) groups excluding carboxylic acids is 4. The molecule has 270 valence electrons. The minimum Gasteiger partial charge on any atom is -0.445 e. The number of amides is 3. The van der Waals surface area contributed by atoms with Gasteiger partial charge in [-0.1, -0.05) is 60.7 Å². The predicted octanol–water partition coefficient (Wildman–Crippen LogP) is 2.71. The third kappa shape index (κ3) is 19.7. The van der Waals surface area contributed by atoms with Crippen LogP contribution in [0.4, 0.5) is 9.59 Å². The minimum atomic E-state index is -0.835. The van der Waals surface area contributed by atoms with Gasteiger partial charge in [-0.2, -0.15) is 0 Å². The molecule has 3 amide bonds. The topological polar surface area (TPSA) is 225 Å². The summed E-state index contributed by atoms with van der Waals surface area (Å²) >= 11 is 0. The fraction of sp³-hybridized carbons (Fsp3) is 0.514. The van der Waals surface area contributed by atoms with Crippen LogP contribution in [0.15, 0.2) is 65.7 Å². The van der Waals surface area contributed by atoms with Crippen LogP contribution in [-0.2, 0) is 32.3 Å². The van der Waals surface area contributed by atoms with E-state index >= 15 is 0 Å². The Balaban J connectivity index is 1.67. The molecule has 2 rings (SSSR count). The first kappa shape index (κ1) is 40.5. The van der Waals surface area contributed by atoms with Gasteiger partial charge in [0, 0.05) is 45.6 Å². The van der Waals surface area contributed by atoms with Crippen LogP contribution >= 0.6 is 0 Å². The normalized spacial score (nSPS) is 11.9. The van der Waals surface area contributed by atoms with Crippen molar-refractivity contribution in [1.82, 2.24) is 15.5 Å². The second-order valence-corrected chi connectivity index (χ2v) is 11.7. The molecule has 2 aromatic carbocycles. The van der Waals surface area contributed by atoms with E-state index in [1.807, 2.05) is 60.7 Å². The largest absolute Gasteiger partial charge is 0.445 e. The van der Waals surface area contributed by atoms with Crippen molar-refractivity contribution >= 4 is 29.8 Å². The predicted molar refractivity (Wildman–Crippen MR) is 187 cm³/mol. The Hall–Kier alpha value is -4.69. The number of nitrogens with one attached hydrogen (secondary N) is 2. The summed E-state index contributed by atoms with van der Waals surface area (Å²) in [5, 5.41) is 15.6. The summed E-state index contributed by atoms with van der Waals surface area (Å²) in [4.78, 5) is 55.1. The monoisotopic (exact) mass is 683 g/mol. The van der Waals surface area contributed by atoms with E-state index in [1.54, 1.807) is 4.90 Å². The van der Waals surface area contributed by atoms with Crippen LogP contribution in [0.1, 0.15) is 68.9 Å². The summed E-state index contributed by atoms with van der Waals surface area (Å²) in [6.07, 6.45) is 1.89. The maximum absolute atomic E-state index is 12.9. The average molecular weight is 684 g/mol. The molecule has 0 radical (unpaired) electrons. The van der Waals surface area contributed by atoms with Crippen LogP contribution in [0, 0.1) is 0 Å². The highest BCUT2D eigenvalue weighted by molar-refractivity contribution is 5.85. The molecule has 0 bridgehead atoms. The Morgan fingerprint density at radius 3 is 2.04 bits per heavy atom. The maximum atomic E-state index is 12.9. The van der Waals surface area contributed by atoms with E-state index in [-0.39, 0.29) is 50.1 Å². The number of aliphatic hydroxyl groups is 1. The van der Waals surface area contributed by atoms with E-state index in [0.717, 1.165) is 11.1 Å². The molecule has 9 N–H and O–H groups in total. The Morgan fingerprint density at radius 1 is 0.776 bits per heavy atom. The van der Waals surface area contributed by atoms with Crippen LogP contribution in [0.2, 0.25) is 0 Å². The molecular weight excluding hydrogens is 630 g/mol. The zero-order chi connectivity index (χ0) is 35.7. The molecule has 0 spiro atoms. The Morgan fingerprint density at radius 2 is 1.39 bits per heavy atom. The number of ketones is 1. The van der Waals surface area contributed by atoms with Crippen LogP contribution in [0.3, 0.4) is 0 Å². The number of hydrogen-bond acceptors (Lipinski definition) is 9. The van der Waals surface area contributed by atoms with Gasteiger partial charge in [0.05, 0.1) is 12.1 Å². The zero-order valence-electron chi connectivity index (χ0n) is 28.3. The van der Waals surface area contributed by atoms with Gasteiger partial charge in [0.15, 0.2) is 11.7 Å². The summed E-state index contributed by atoms with van der Waals surface area (Å²) in [6, 6.07) is 17.9. The number of benzene rings is 2. The lowest BCUT2D eigenvalue weighted by molar-refractivity contribution is -0.123. The van der Waals surface area contributed by atoms with Crippen molar-refractivity contribution in [1.29, 1.82) is 0 Å². The highest BCUT2D eigenvalue weighted by atomic mass is 16.6. The fourth-order valence-electron chi connectivity index (χ4n) is 4.72. The molecule has 0 aliphatic rings. The minimum absolute atomic E-state index is 0.0197. The number of hydrogen-bond donors (Lipinski definition) is 6. The second-order valence-electron chi connectivity index (χ2n) is 11.7. The van der Waals surface area contributed by atoms with Gasteiger partial charge in [-0.05, 0) is 56.1 Å². The zero-order valence-corrected chi connectivity index (χ0v) is 28.3. The van der Waals surface area contributed by atoms with Crippen molar-refractivity contribution in [3.63, 3.8) is 0 Å². The summed E-state index contributed by atoms with van der Waals surface area (Å²) in [5.41, 5.74) is 18.3. The van der Waals surface area contributed by atoms with Gasteiger partial charge < -0.3 is 47.3 Å². The van der Waals surface area contributed by atoms with E-state index < -0.39 is 24.3 Å². The first-order valence-electron chi connectivity index (χ1n) is 16.8. The van der Waals surface area contributed by atoms with Crippen molar-refractivity contribution < 1.29 is 33.8 Å². The van der Waals surface area contributed by atoms with Crippen molar-refractivity contribution in [3.05, 3.63) is 71.8 Å². The molecule has 0 saturated carbocycles. The first-order chi connectivity index (χ1) is 23.6. The van der Waals surface area contributed by atoms with Crippen molar-refractivity contribution in [2.45, 2.75) is 83.1 Å². The molecule has 2 atom stereocenters. The number of aliphatic imine (C=N–C) groups is 1. The molecular formula is C35H53N7O7. The number of rotatable bonds is 24. The van der Waals surface area contributed by atoms with Gasteiger partial charge in [0.25, 0.3) is 0 Å². The van der Waals surface area contributed by atoms with E-state index in [0.29, 0.717) is 71.2 Å². The van der Waals surface area contributed by atoms with Gasteiger partial charge in [-0.3, -0.25) is 14.6 Å². The van der Waals surface area contributed by atoms with Crippen molar-refractivity contribution in [2.24, 2.45) is 22.2 Å². The summed E-state index contributed by atoms with van der Waals surface area (Å²) in [6.45, 7) is 2.24. The van der Waals surface area contributed by atoms with Gasteiger partial charge >= 0.3 is 12.2 Å². The second kappa shape index (κ2) is 24.5. The van der Waals surface area contributed by atoms with Gasteiger partial charge in [-0.25, -0.2) is 9.59 Å². The Labute approximate surface area is 288 Å². The number of ether oxygens (including phenoxy) is 2. The smallest absolute Gasteiger partial charge is 0.410 e. The van der Waals surface area contributed by atoms with Crippen LogP contribution in [-0.4, -0.2) is 84.7 Å². The Kier molecular flexibility index (Phi) is 20.2. The maximum Gasteiger partial charge on any atom is 0.410 e. The number of nitrogens with zero attached hydrogens (tertiary/aromatic N) is 2. The molecule has 14 heteroatoms. The lowest BCUT2D eigenvalue weighted by Crippen LogP contribution is -2.36.